The van der Waals surface area contributed by atoms with Crippen LogP contribution < -0.4 is 20.1 Å². The summed E-state index contributed by atoms with van der Waals surface area (Å²) in [6.45, 7) is 5.04. The zero-order chi connectivity index (χ0) is 17.2. The zero-order valence-electron chi connectivity index (χ0n) is 13.6. The van der Waals surface area contributed by atoms with Crippen LogP contribution in [0.15, 0.2) is 55.3 Å². The van der Waals surface area contributed by atoms with Crippen molar-refractivity contribution >= 4 is 11.6 Å². The molecule has 0 aliphatic heterocycles. The topological polar surface area (TPSA) is 72.5 Å². The number of hydrogen-bond donors (Lipinski definition) is 2. The molecular formula is C18H21N3O3. The minimum atomic E-state index is -0.233. The maximum absolute atomic E-state index is 12.0. The Balaban J connectivity index is 1.73. The van der Waals surface area contributed by atoms with Crippen molar-refractivity contribution < 1.29 is 14.3 Å². The fraction of sp³-hybridized carbons (Fsp3) is 0.222. The molecule has 0 saturated carbocycles. The molecule has 1 amide bonds. The van der Waals surface area contributed by atoms with Gasteiger partial charge in [0.15, 0.2) is 0 Å². The number of nitrogens with zero attached hydrogens (tertiary/aromatic N) is 1. The predicted molar refractivity (Wildman–Crippen MR) is 93.7 cm³/mol. The van der Waals surface area contributed by atoms with Gasteiger partial charge in [-0.25, -0.2) is 4.98 Å². The molecule has 2 N–H and O–H groups in total. The van der Waals surface area contributed by atoms with E-state index in [1.807, 2.05) is 24.3 Å². The van der Waals surface area contributed by atoms with E-state index in [-0.39, 0.29) is 5.91 Å². The highest BCUT2D eigenvalue weighted by Gasteiger charge is 2.06. The molecule has 0 spiro atoms. The second-order valence-electron chi connectivity index (χ2n) is 4.88. The molecule has 6 nitrogen and oxygen atoms in total. The van der Waals surface area contributed by atoms with E-state index in [2.05, 4.69) is 22.2 Å². The monoisotopic (exact) mass is 327 g/mol. The van der Waals surface area contributed by atoms with Gasteiger partial charge in [0, 0.05) is 6.54 Å². The molecule has 126 valence electrons. The number of carbonyl (C=O) groups is 1. The van der Waals surface area contributed by atoms with Gasteiger partial charge in [0.05, 0.1) is 25.5 Å². The highest BCUT2D eigenvalue weighted by atomic mass is 16.5. The van der Waals surface area contributed by atoms with Crippen molar-refractivity contribution in [2.75, 3.05) is 32.1 Å². The summed E-state index contributed by atoms with van der Waals surface area (Å²) in [6.07, 6.45) is 3.37. The van der Waals surface area contributed by atoms with E-state index in [1.54, 1.807) is 31.5 Å². The molecule has 0 bridgehead atoms. The molecular weight excluding hydrogens is 306 g/mol. The molecule has 0 radical (unpaired) electrons. The van der Waals surface area contributed by atoms with Crippen LogP contribution in [0.1, 0.15) is 10.5 Å². The normalized spacial score (nSPS) is 9.88. The molecule has 0 aliphatic rings. The number of amides is 1. The van der Waals surface area contributed by atoms with E-state index in [4.69, 9.17) is 9.47 Å². The largest absolute Gasteiger partial charge is 0.497 e. The van der Waals surface area contributed by atoms with E-state index in [1.165, 1.54) is 0 Å². The fourth-order valence-electron chi connectivity index (χ4n) is 1.92. The standard InChI is InChI=1S/C18H21N3O3/c1-3-10-19-14-4-9-17(21-13-14)18(22)20-11-12-24-16-7-5-15(23-2)6-8-16/h3-9,13,19H,1,10-12H2,2H3,(H,20,22). The van der Waals surface area contributed by atoms with Crippen LogP contribution in [0.3, 0.4) is 0 Å². The number of pyridine rings is 1. The first-order valence-electron chi connectivity index (χ1n) is 7.59. The molecule has 24 heavy (non-hydrogen) atoms. The number of carbonyl (C=O) groups excluding carboxylic acids is 1. The number of aromatic nitrogens is 1. The number of anilines is 1. The van der Waals surface area contributed by atoms with Gasteiger partial charge < -0.3 is 20.1 Å². The van der Waals surface area contributed by atoms with Crippen LogP contribution >= 0.6 is 0 Å². The molecule has 1 aromatic heterocycles. The van der Waals surface area contributed by atoms with E-state index < -0.39 is 0 Å². The number of ether oxygens (including phenoxy) is 2. The summed E-state index contributed by atoms with van der Waals surface area (Å²) in [6, 6.07) is 10.7. The minimum Gasteiger partial charge on any atom is -0.497 e. The molecule has 6 heteroatoms. The van der Waals surface area contributed by atoms with Gasteiger partial charge in [0.25, 0.3) is 5.91 Å². The zero-order valence-corrected chi connectivity index (χ0v) is 13.6. The van der Waals surface area contributed by atoms with Gasteiger partial charge in [-0.2, -0.15) is 0 Å². The lowest BCUT2D eigenvalue weighted by Gasteiger charge is -2.08. The Morgan fingerprint density at radius 1 is 1.21 bits per heavy atom. The van der Waals surface area contributed by atoms with Gasteiger partial charge in [-0.15, -0.1) is 6.58 Å². The van der Waals surface area contributed by atoms with Gasteiger partial charge in [0.1, 0.15) is 23.8 Å². The van der Waals surface area contributed by atoms with Gasteiger partial charge >= 0.3 is 0 Å². The number of rotatable bonds is 9. The van der Waals surface area contributed by atoms with Crippen molar-refractivity contribution in [1.29, 1.82) is 0 Å². The first-order valence-corrected chi connectivity index (χ1v) is 7.59. The molecule has 0 saturated heterocycles. The number of hydrogen-bond acceptors (Lipinski definition) is 5. The van der Waals surface area contributed by atoms with Crippen LogP contribution in [0.25, 0.3) is 0 Å². The van der Waals surface area contributed by atoms with Gasteiger partial charge in [-0.1, -0.05) is 6.08 Å². The van der Waals surface area contributed by atoms with Gasteiger partial charge in [0.2, 0.25) is 0 Å². The number of methoxy groups -OCH3 is 1. The van der Waals surface area contributed by atoms with Crippen LogP contribution in [-0.4, -0.2) is 37.7 Å². The lowest BCUT2D eigenvalue weighted by atomic mass is 10.3. The van der Waals surface area contributed by atoms with Crippen molar-refractivity contribution in [3.8, 4) is 11.5 Å². The van der Waals surface area contributed by atoms with E-state index in [0.29, 0.717) is 25.4 Å². The van der Waals surface area contributed by atoms with E-state index in [0.717, 1.165) is 17.2 Å². The first-order chi connectivity index (χ1) is 11.7. The summed E-state index contributed by atoms with van der Waals surface area (Å²) in [5, 5.41) is 5.86. The summed E-state index contributed by atoms with van der Waals surface area (Å²) >= 11 is 0. The Morgan fingerprint density at radius 2 is 1.96 bits per heavy atom. The average molecular weight is 327 g/mol. The van der Waals surface area contributed by atoms with Crippen molar-refractivity contribution in [2.45, 2.75) is 0 Å². The third-order valence-corrected chi connectivity index (χ3v) is 3.16. The van der Waals surface area contributed by atoms with Crippen LogP contribution in [0, 0.1) is 0 Å². The molecule has 0 unspecified atom stereocenters. The second-order valence-corrected chi connectivity index (χ2v) is 4.88. The lowest BCUT2D eigenvalue weighted by Crippen LogP contribution is -2.28. The lowest BCUT2D eigenvalue weighted by molar-refractivity contribution is 0.0942. The van der Waals surface area contributed by atoms with Crippen LogP contribution in [0.5, 0.6) is 11.5 Å². The molecule has 1 aromatic carbocycles. The van der Waals surface area contributed by atoms with Crippen molar-refractivity contribution in [3.63, 3.8) is 0 Å². The summed E-state index contributed by atoms with van der Waals surface area (Å²) in [5.41, 5.74) is 1.21. The predicted octanol–water partition coefficient (Wildman–Crippen LogP) is 2.50. The van der Waals surface area contributed by atoms with Crippen molar-refractivity contribution in [1.82, 2.24) is 10.3 Å². The third-order valence-electron chi connectivity index (χ3n) is 3.16. The summed E-state index contributed by atoms with van der Waals surface area (Å²) in [7, 11) is 1.61. The van der Waals surface area contributed by atoms with E-state index in [9.17, 15) is 4.79 Å². The molecule has 2 aromatic rings. The summed E-state index contributed by atoms with van der Waals surface area (Å²) in [5.74, 6) is 1.26. The summed E-state index contributed by atoms with van der Waals surface area (Å²) in [4.78, 5) is 16.1. The van der Waals surface area contributed by atoms with Crippen molar-refractivity contribution in [2.24, 2.45) is 0 Å². The molecule has 0 fully saturated rings. The average Bonchev–Trinajstić information content (AvgIpc) is 2.64. The Labute approximate surface area is 141 Å². The third kappa shape index (κ3) is 5.31. The maximum Gasteiger partial charge on any atom is 0.269 e. The van der Waals surface area contributed by atoms with Crippen molar-refractivity contribution in [3.05, 3.63) is 60.9 Å². The molecule has 0 atom stereocenters. The second kappa shape index (κ2) is 9.19. The van der Waals surface area contributed by atoms with Crippen LogP contribution in [-0.2, 0) is 0 Å². The first kappa shape index (κ1) is 17.3. The fourth-order valence-corrected chi connectivity index (χ4v) is 1.92. The summed E-state index contributed by atoms with van der Waals surface area (Å²) < 4.78 is 10.6. The Bertz CT molecular complexity index is 654. The van der Waals surface area contributed by atoms with Gasteiger partial charge in [-0.3, -0.25) is 4.79 Å². The smallest absolute Gasteiger partial charge is 0.269 e. The van der Waals surface area contributed by atoms with Gasteiger partial charge in [-0.05, 0) is 36.4 Å². The number of benzene rings is 1. The number of nitrogens with one attached hydrogen (secondary N) is 2. The molecule has 2 rings (SSSR count). The van der Waals surface area contributed by atoms with Crippen LogP contribution in [0.4, 0.5) is 5.69 Å². The quantitative estimate of drug-likeness (QED) is 0.547. The maximum atomic E-state index is 12.0. The van der Waals surface area contributed by atoms with Crippen LogP contribution in [0.2, 0.25) is 0 Å². The Morgan fingerprint density at radius 3 is 2.58 bits per heavy atom. The highest BCUT2D eigenvalue weighted by molar-refractivity contribution is 5.92. The molecule has 0 aliphatic carbocycles. The Hall–Kier alpha value is -3.02. The minimum absolute atomic E-state index is 0.233. The SMILES string of the molecule is C=CCNc1ccc(C(=O)NCCOc2ccc(OC)cc2)nc1. The highest BCUT2D eigenvalue weighted by Crippen LogP contribution is 2.16. The Kier molecular flexibility index (Phi) is 6.64. The van der Waals surface area contributed by atoms with E-state index >= 15 is 0 Å². The molecule has 1 heterocycles.